The Labute approximate surface area is 131 Å². The fourth-order valence-corrected chi connectivity index (χ4v) is 2.41. The summed E-state index contributed by atoms with van der Waals surface area (Å²) >= 11 is 0. The zero-order chi connectivity index (χ0) is 17.1. The fraction of sp³-hybridized carbons (Fsp3) is 0.933. The van der Waals surface area contributed by atoms with E-state index in [1.807, 2.05) is 32.6 Å². The van der Waals surface area contributed by atoms with Gasteiger partial charge >= 0.3 is 6.18 Å². The molecule has 0 saturated carbocycles. The number of hydrogen-bond donors (Lipinski definition) is 1. The van der Waals surface area contributed by atoms with Gasteiger partial charge in [-0.05, 0) is 34.1 Å². The molecule has 4 nitrogen and oxygen atoms in total. The molecule has 0 spiro atoms. The summed E-state index contributed by atoms with van der Waals surface area (Å²) in [6.07, 6.45) is -3.38. The van der Waals surface area contributed by atoms with Crippen LogP contribution in [0.1, 0.15) is 41.0 Å². The number of halogens is 3. The fourth-order valence-electron chi connectivity index (χ4n) is 2.41. The minimum absolute atomic E-state index is 0.0656. The van der Waals surface area contributed by atoms with Gasteiger partial charge in [0.15, 0.2) is 0 Å². The van der Waals surface area contributed by atoms with E-state index in [4.69, 9.17) is 0 Å². The molecule has 22 heavy (non-hydrogen) atoms. The van der Waals surface area contributed by atoms with Crippen LogP contribution in [-0.4, -0.2) is 65.7 Å². The van der Waals surface area contributed by atoms with E-state index >= 15 is 0 Å². The second-order valence-corrected chi connectivity index (χ2v) is 6.69. The van der Waals surface area contributed by atoms with E-state index in [9.17, 15) is 18.0 Å². The minimum Gasteiger partial charge on any atom is -0.350 e. The Hall–Kier alpha value is -0.820. The lowest BCUT2D eigenvalue weighted by molar-refractivity contribution is -0.183. The van der Waals surface area contributed by atoms with Crippen molar-refractivity contribution in [1.82, 2.24) is 15.1 Å². The molecule has 1 heterocycles. The van der Waals surface area contributed by atoms with Crippen LogP contribution >= 0.6 is 0 Å². The normalized spacial score (nSPS) is 21.5. The predicted octanol–water partition coefficient (Wildman–Crippen LogP) is 2.25. The maximum atomic E-state index is 12.7. The van der Waals surface area contributed by atoms with Crippen molar-refractivity contribution in [3.8, 4) is 0 Å². The van der Waals surface area contributed by atoms with Crippen molar-refractivity contribution < 1.29 is 18.0 Å². The Kier molecular flexibility index (Phi) is 6.27. The highest BCUT2D eigenvalue weighted by Crippen LogP contribution is 2.25. The molecule has 7 heteroatoms. The summed E-state index contributed by atoms with van der Waals surface area (Å²) in [6.45, 7) is 10.5. The predicted molar refractivity (Wildman–Crippen MR) is 80.6 cm³/mol. The van der Waals surface area contributed by atoms with E-state index in [0.29, 0.717) is 26.2 Å². The van der Waals surface area contributed by atoms with Crippen LogP contribution < -0.4 is 5.32 Å². The summed E-state index contributed by atoms with van der Waals surface area (Å²) in [4.78, 5) is 15.6. The minimum atomic E-state index is -4.20. The van der Waals surface area contributed by atoms with Crippen LogP contribution in [-0.2, 0) is 4.79 Å². The number of nitrogens with one attached hydrogen (secondary N) is 1. The third-order valence-electron chi connectivity index (χ3n) is 4.64. The van der Waals surface area contributed by atoms with E-state index in [2.05, 4.69) is 5.32 Å². The van der Waals surface area contributed by atoms with Crippen molar-refractivity contribution >= 4 is 5.91 Å². The van der Waals surface area contributed by atoms with E-state index in [1.165, 1.54) is 11.8 Å². The molecular formula is C15H28F3N3O. The molecule has 0 aromatic heterocycles. The molecule has 0 unspecified atom stereocenters. The number of carbonyl (C=O) groups is 1. The SMILES string of the molecule is CCC(C)(C)NC(=O)[C@@H](C)N1CCN([C@H](C)C(F)(F)F)CC1. The molecule has 2 atom stereocenters. The highest BCUT2D eigenvalue weighted by molar-refractivity contribution is 5.82. The molecule has 0 bridgehead atoms. The van der Waals surface area contributed by atoms with Crippen LogP contribution in [0.3, 0.4) is 0 Å². The topological polar surface area (TPSA) is 35.6 Å². The number of amides is 1. The first-order valence-corrected chi connectivity index (χ1v) is 7.85. The van der Waals surface area contributed by atoms with Crippen LogP contribution in [0, 0.1) is 0 Å². The van der Waals surface area contributed by atoms with Gasteiger partial charge in [-0.3, -0.25) is 14.6 Å². The van der Waals surface area contributed by atoms with E-state index in [-0.39, 0.29) is 17.5 Å². The Morgan fingerprint density at radius 3 is 1.95 bits per heavy atom. The van der Waals surface area contributed by atoms with Crippen molar-refractivity contribution in [2.45, 2.75) is 64.8 Å². The average Bonchev–Trinajstić information content (AvgIpc) is 2.44. The Morgan fingerprint density at radius 2 is 1.55 bits per heavy atom. The molecular weight excluding hydrogens is 295 g/mol. The van der Waals surface area contributed by atoms with Crippen LogP contribution in [0.2, 0.25) is 0 Å². The monoisotopic (exact) mass is 323 g/mol. The standard InChI is InChI=1S/C15H28F3N3O/c1-6-14(4,5)19-13(22)11(2)20-7-9-21(10-8-20)12(3)15(16,17)18/h11-12H,6-10H2,1-5H3,(H,19,22)/t11-,12-/m1/s1. The Bertz CT molecular complexity index is 377. The lowest BCUT2D eigenvalue weighted by atomic mass is 10.0. The van der Waals surface area contributed by atoms with Gasteiger partial charge in [-0.15, -0.1) is 0 Å². The van der Waals surface area contributed by atoms with Crippen LogP contribution in [0.5, 0.6) is 0 Å². The molecule has 1 saturated heterocycles. The van der Waals surface area contributed by atoms with Crippen molar-refractivity contribution in [1.29, 1.82) is 0 Å². The third kappa shape index (κ3) is 5.12. The maximum Gasteiger partial charge on any atom is 0.403 e. The largest absolute Gasteiger partial charge is 0.403 e. The summed E-state index contributed by atoms with van der Waals surface area (Å²) in [7, 11) is 0. The van der Waals surface area contributed by atoms with Crippen LogP contribution in [0.15, 0.2) is 0 Å². The van der Waals surface area contributed by atoms with Gasteiger partial charge in [-0.2, -0.15) is 13.2 Å². The number of nitrogens with zero attached hydrogens (tertiary/aromatic N) is 2. The number of hydrogen-bond acceptors (Lipinski definition) is 3. The van der Waals surface area contributed by atoms with Crippen molar-refractivity contribution in [2.75, 3.05) is 26.2 Å². The number of rotatable bonds is 5. The van der Waals surface area contributed by atoms with Crippen LogP contribution in [0.25, 0.3) is 0 Å². The number of alkyl halides is 3. The van der Waals surface area contributed by atoms with Crippen molar-refractivity contribution in [2.24, 2.45) is 0 Å². The van der Waals surface area contributed by atoms with Gasteiger partial charge in [0.25, 0.3) is 0 Å². The lowest BCUT2D eigenvalue weighted by Gasteiger charge is -2.41. The summed E-state index contributed by atoms with van der Waals surface area (Å²) in [5.74, 6) is -0.0656. The highest BCUT2D eigenvalue weighted by atomic mass is 19.4. The molecule has 1 aliphatic rings. The van der Waals surface area contributed by atoms with Gasteiger partial charge < -0.3 is 5.32 Å². The second-order valence-electron chi connectivity index (χ2n) is 6.69. The van der Waals surface area contributed by atoms with Crippen molar-refractivity contribution in [3.63, 3.8) is 0 Å². The molecule has 0 radical (unpaired) electrons. The summed E-state index contributed by atoms with van der Waals surface area (Å²) in [5, 5.41) is 2.99. The summed E-state index contributed by atoms with van der Waals surface area (Å²) < 4.78 is 38.2. The molecule has 1 N–H and O–H groups in total. The zero-order valence-electron chi connectivity index (χ0n) is 14.1. The van der Waals surface area contributed by atoms with Gasteiger partial charge in [0.05, 0.1) is 6.04 Å². The molecule has 1 amide bonds. The van der Waals surface area contributed by atoms with Gasteiger partial charge in [-0.25, -0.2) is 0 Å². The molecule has 1 rings (SSSR count). The second kappa shape index (κ2) is 7.17. The van der Waals surface area contributed by atoms with Crippen LogP contribution in [0.4, 0.5) is 13.2 Å². The number of carbonyl (C=O) groups excluding carboxylic acids is 1. The first-order valence-electron chi connectivity index (χ1n) is 7.85. The first kappa shape index (κ1) is 19.2. The quantitative estimate of drug-likeness (QED) is 0.843. The van der Waals surface area contributed by atoms with E-state index < -0.39 is 12.2 Å². The molecule has 1 aliphatic heterocycles. The smallest absolute Gasteiger partial charge is 0.350 e. The zero-order valence-corrected chi connectivity index (χ0v) is 14.1. The van der Waals surface area contributed by atoms with E-state index in [1.54, 1.807) is 0 Å². The number of piperazine rings is 1. The molecule has 0 aromatic rings. The highest BCUT2D eigenvalue weighted by Gasteiger charge is 2.41. The maximum absolute atomic E-state index is 12.7. The molecule has 130 valence electrons. The van der Waals surface area contributed by atoms with Crippen molar-refractivity contribution in [3.05, 3.63) is 0 Å². The Morgan fingerprint density at radius 1 is 1.09 bits per heavy atom. The Balaban J connectivity index is 2.52. The molecule has 0 aliphatic carbocycles. The third-order valence-corrected chi connectivity index (χ3v) is 4.64. The molecule has 1 fully saturated rings. The van der Waals surface area contributed by atoms with Gasteiger partial charge in [0, 0.05) is 31.7 Å². The van der Waals surface area contributed by atoms with Gasteiger partial charge in [0.1, 0.15) is 6.04 Å². The van der Waals surface area contributed by atoms with Gasteiger partial charge in [0.2, 0.25) is 5.91 Å². The van der Waals surface area contributed by atoms with E-state index in [0.717, 1.165) is 6.42 Å². The van der Waals surface area contributed by atoms with Gasteiger partial charge in [-0.1, -0.05) is 6.92 Å². The summed E-state index contributed by atoms with van der Waals surface area (Å²) in [6, 6.07) is -1.76. The summed E-state index contributed by atoms with van der Waals surface area (Å²) in [5.41, 5.74) is -0.266. The first-order chi connectivity index (χ1) is 9.98. The molecule has 0 aromatic carbocycles. The lowest BCUT2D eigenvalue weighted by Crippen LogP contribution is -2.59. The average molecular weight is 323 g/mol.